The lowest BCUT2D eigenvalue weighted by Gasteiger charge is -2.23. The van der Waals surface area contributed by atoms with Gasteiger partial charge in [0.25, 0.3) is 5.91 Å². The van der Waals surface area contributed by atoms with Gasteiger partial charge in [0.2, 0.25) is 12.0 Å². The quantitative estimate of drug-likeness (QED) is 0.226. The van der Waals surface area contributed by atoms with Crippen molar-refractivity contribution in [3.8, 4) is 0 Å². The molecule has 0 aromatic heterocycles. The van der Waals surface area contributed by atoms with Crippen LogP contribution < -0.4 is 4.90 Å². The van der Waals surface area contributed by atoms with E-state index in [2.05, 4.69) is 6.58 Å². The van der Waals surface area contributed by atoms with Gasteiger partial charge in [-0.3, -0.25) is 9.59 Å². The van der Waals surface area contributed by atoms with Crippen molar-refractivity contribution in [3.63, 3.8) is 0 Å². The Balaban J connectivity index is 3.29. The molecule has 0 atom stereocenters. The molecule has 33 heavy (non-hydrogen) atoms. The molecule has 0 aliphatic carbocycles. The van der Waals surface area contributed by atoms with Crippen LogP contribution >= 0.6 is 11.6 Å². The molecule has 8 nitrogen and oxygen atoms in total. The number of nitrogens with zero attached hydrogens (tertiary/aromatic N) is 2. The molecule has 1 aromatic rings. The average Bonchev–Trinajstić information content (AvgIpc) is 2.70. The number of alkyl halides is 3. The standard InChI is InChI=1S/C21H22ClF3N2O6/c1-6-9-32-19(31)20(2,3)33-18(30)14-10-13(7-8-15(14)22)27(12-28)17(29)11-16(26(4)5)21(23,24)25/h6-8,10-12H,1,9H2,2-5H3/b16-11-. The molecule has 0 aliphatic rings. The summed E-state index contributed by atoms with van der Waals surface area (Å²) in [7, 11) is 2.16. The van der Waals surface area contributed by atoms with Gasteiger partial charge in [0.05, 0.1) is 16.3 Å². The molecule has 0 saturated carbocycles. The third-order valence-corrected chi connectivity index (χ3v) is 4.32. The maximum absolute atomic E-state index is 13.1. The van der Waals surface area contributed by atoms with Crippen LogP contribution in [-0.4, -0.2) is 61.6 Å². The van der Waals surface area contributed by atoms with Gasteiger partial charge in [-0.15, -0.1) is 0 Å². The number of amides is 2. The van der Waals surface area contributed by atoms with E-state index in [4.69, 9.17) is 21.1 Å². The van der Waals surface area contributed by atoms with E-state index >= 15 is 0 Å². The van der Waals surface area contributed by atoms with Crippen molar-refractivity contribution in [2.75, 3.05) is 25.6 Å². The summed E-state index contributed by atoms with van der Waals surface area (Å²) in [5.74, 6) is -3.29. The summed E-state index contributed by atoms with van der Waals surface area (Å²) in [4.78, 5) is 49.5. The summed E-state index contributed by atoms with van der Waals surface area (Å²) in [6, 6.07) is 3.26. The average molecular weight is 491 g/mol. The Morgan fingerprint density at radius 1 is 1.18 bits per heavy atom. The van der Waals surface area contributed by atoms with E-state index in [1.807, 2.05) is 0 Å². The van der Waals surface area contributed by atoms with Gasteiger partial charge in [-0.05, 0) is 32.0 Å². The first-order chi connectivity index (χ1) is 15.2. The van der Waals surface area contributed by atoms with E-state index in [0.717, 1.165) is 32.3 Å². The Bertz CT molecular complexity index is 973. The second-order valence-corrected chi connectivity index (χ2v) is 7.59. The van der Waals surface area contributed by atoms with Crippen molar-refractivity contribution in [2.45, 2.75) is 25.6 Å². The third kappa shape index (κ3) is 7.35. The highest BCUT2D eigenvalue weighted by Crippen LogP contribution is 2.29. The number of ether oxygens (including phenoxy) is 2. The summed E-state index contributed by atoms with van der Waals surface area (Å²) in [5.41, 5.74) is -3.62. The number of anilines is 1. The number of hydrogen-bond acceptors (Lipinski definition) is 7. The Labute approximate surface area is 193 Å². The molecule has 0 radical (unpaired) electrons. The van der Waals surface area contributed by atoms with E-state index in [-0.39, 0.29) is 35.4 Å². The van der Waals surface area contributed by atoms with E-state index < -0.39 is 35.3 Å². The van der Waals surface area contributed by atoms with Crippen LogP contribution in [0.25, 0.3) is 0 Å². The molecule has 180 valence electrons. The zero-order chi connectivity index (χ0) is 25.6. The number of benzene rings is 1. The number of hydrogen-bond donors (Lipinski definition) is 0. The maximum Gasteiger partial charge on any atom is 0.431 e. The van der Waals surface area contributed by atoms with Crippen LogP contribution in [0.2, 0.25) is 5.02 Å². The van der Waals surface area contributed by atoms with Crippen molar-refractivity contribution >= 4 is 41.5 Å². The van der Waals surface area contributed by atoms with E-state index in [1.165, 1.54) is 19.9 Å². The third-order valence-electron chi connectivity index (χ3n) is 4.00. The second-order valence-electron chi connectivity index (χ2n) is 7.19. The summed E-state index contributed by atoms with van der Waals surface area (Å²) in [6.07, 6.45) is -3.32. The number of esters is 2. The van der Waals surface area contributed by atoms with Gasteiger partial charge >= 0.3 is 18.1 Å². The smallest absolute Gasteiger partial charge is 0.431 e. The van der Waals surface area contributed by atoms with Crippen LogP contribution in [0.1, 0.15) is 24.2 Å². The first-order valence-electron chi connectivity index (χ1n) is 9.21. The first kappa shape index (κ1) is 27.7. The number of halogens is 4. The lowest BCUT2D eigenvalue weighted by molar-refractivity contribution is -0.161. The van der Waals surface area contributed by atoms with Gasteiger partial charge in [0.15, 0.2) is 0 Å². The van der Waals surface area contributed by atoms with Crippen LogP contribution in [0.5, 0.6) is 0 Å². The van der Waals surface area contributed by atoms with E-state index in [1.54, 1.807) is 0 Å². The molecule has 1 rings (SSSR count). The maximum atomic E-state index is 13.1. The number of imide groups is 1. The molecule has 1 aromatic carbocycles. The van der Waals surface area contributed by atoms with Gasteiger partial charge in [0.1, 0.15) is 12.3 Å². The van der Waals surface area contributed by atoms with Crippen molar-refractivity contribution in [1.82, 2.24) is 4.90 Å². The topological polar surface area (TPSA) is 93.2 Å². The van der Waals surface area contributed by atoms with Gasteiger partial charge in [0, 0.05) is 20.2 Å². The minimum absolute atomic E-state index is 0.0164. The Morgan fingerprint density at radius 3 is 2.27 bits per heavy atom. The lowest BCUT2D eigenvalue weighted by Crippen LogP contribution is -2.39. The van der Waals surface area contributed by atoms with E-state index in [9.17, 15) is 32.3 Å². The van der Waals surface area contributed by atoms with Gasteiger partial charge < -0.3 is 14.4 Å². The number of rotatable bonds is 9. The van der Waals surface area contributed by atoms with Crippen LogP contribution in [0.3, 0.4) is 0 Å². The lowest BCUT2D eigenvalue weighted by atomic mass is 10.1. The number of carbonyl (C=O) groups excluding carboxylic acids is 4. The fourth-order valence-electron chi connectivity index (χ4n) is 2.35. The molecule has 12 heteroatoms. The van der Waals surface area contributed by atoms with Crippen LogP contribution in [-0.2, 0) is 23.9 Å². The van der Waals surface area contributed by atoms with Crippen LogP contribution in [0.15, 0.2) is 42.6 Å². The van der Waals surface area contributed by atoms with Crippen molar-refractivity contribution in [1.29, 1.82) is 0 Å². The molecule has 0 unspecified atom stereocenters. The normalized spacial score (nSPS) is 11.9. The molecule has 0 aliphatic heterocycles. The summed E-state index contributed by atoms with van der Waals surface area (Å²) >= 11 is 6.01. The van der Waals surface area contributed by atoms with Crippen LogP contribution in [0.4, 0.5) is 18.9 Å². The highest BCUT2D eigenvalue weighted by molar-refractivity contribution is 6.33. The minimum Gasteiger partial charge on any atom is -0.459 e. The molecule has 0 fully saturated rings. The summed E-state index contributed by atoms with van der Waals surface area (Å²) in [6.45, 7) is 5.80. The predicted molar refractivity (Wildman–Crippen MR) is 113 cm³/mol. The molecule has 0 bridgehead atoms. The fraction of sp³-hybridized carbons (Fsp3) is 0.333. The van der Waals surface area contributed by atoms with Crippen LogP contribution in [0, 0.1) is 0 Å². The zero-order valence-electron chi connectivity index (χ0n) is 18.2. The highest BCUT2D eigenvalue weighted by Gasteiger charge is 2.37. The molecule has 0 heterocycles. The Morgan fingerprint density at radius 2 is 1.79 bits per heavy atom. The van der Waals surface area contributed by atoms with Gasteiger partial charge in [-0.2, -0.15) is 13.2 Å². The molecular formula is C21H22ClF3N2O6. The Kier molecular flexibility index (Phi) is 9.23. The second kappa shape index (κ2) is 11.0. The zero-order valence-corrected chi connectivity index (χ0v) is 19.0. The van der Waals surface area contributed by atoms with Crippen molar-refractivity contribution in [3.05, 3.63) is 53.2 Å². The van der Waals surface area contributed by atoms with Crippen molar-refractivity contribution < 1.29 is 41.8 Å². The van der Waals surface area contributed by atoms with Gasteiger partial charge in [-0.1, -0.05) is 24.3 Å². The highest BCUT2D eigenvalue weighted by atomic mass is 35.5. The summed E-state index contributed by atoms with van der Waals surface area (Å²) in [5, 5.41) is -0.155. The summed E-state index contributed by atoms with van der Waals surface area (Å²) < 4.78 is 49.4. The minimum atomic E-state index is -4.85. The molecular weight excluding hydrogens is 469 g/mol. The largest absolute Gasteiger partial charge is 0.459 e. The van der Waals surface area contributed by atoms with Crippen molar-refractivity contribution in [2.24, 2.45) is 0 Å². The first-order valence-corrected chi connectivity index (χ1v) is 9.59. The predicted octanol–water partition coefficient (Wildman–Crippen LogP) is 3.50. The number of allylic oxidation sites excluding steroid dienone is 1. The molecule has 0 saturated heterocycles. The molecule has 0 N–H and O–H groups in total. The SMILES string of the molecule is C=CCOC(=O)C(C)(C)OC(=O)c1cc(N(C=O)C(=O)/C=C(\N(C)C)C(F)(F)F)ccc1Cl. The number of carbonyl (C=O) groups is 4. The molecule has 2 amide bonds. The van der Waals surface area contributed by atoms with E-state index in [0.29, 0.717) is 9.80 Å². The monoisotopic (exact) mass is 490 g/mol. The Hall–Kier alpha value is -3.34. The fourth-order valence-corrected chi connectivity index (χ4v) is 2.54. The van der Waals surface area contributed by atoms with Gasteiger partial charge in [-0.25, -0.2) is 14.5 Å². The molecule has 0 spiro atoms.